The van der Waals surface area contributed by atoms with Crippen LogP contribution >= 0.6 is 0 Å². The second-order valence-electron chi connectivity index (χ2n) is 6.90. The number of anilines is 1. The van der Waals surface area contributed by atoms with Gasteiger partial charge in [0.25, 0.3) is 5.69 Å². The molecule has 10 heteroatoms. The average molecular weight is 398 g/mol. The van der Waals surface area contributed by atoms with E-state index in [1.165, 1.54) is 16.4 Å². The smallest absolute Gasteiger partial charge is 0.293 e. The molecule has 0 amide bonds. The first-order valence-corrected chi connectivity index (χ1v) is 10.8. The lowest BCUT2D eigenvalue weighted by Crippen LogP contribution is -2.62. The van der Waals surface area contributed by atoms with Crippen LogP contribution in [0.4, 0.5) is 11.4 Å². The number of nitro benzene ring substituents is 1. The van der Waals surface area contributed by atoms with Crippen molar-refractivity contribution in [2.45, 2.75) is 24.8 Å². The first-order valence-electron chi connectivity index (χ1n) is 9.35. The summed E-state index contributed by atoms with van der Waals surface area (Å²) in [5.74, 6) is 0. The summed E-state index contributed by atoms with van der Waals surface area (Å²) in [5, 5.41) is 14.7. The molecule has 1 aromatic rings. The first kappa shape index (κ1) is 20.0. The van der Waals surface area contributed by atoms with Gasteiger partial charge in [0.05, 0.1) is 9.82 Å². The zero-order valence-electron chi connectivity index (χ0n) is 15.8. The van der Waals surface area contributed by atoms with Crippen LogP contribution in [-0.2, 0) is 10.0 Å². The van der Waals surface area contributed by atoms with Crippen LogP contribution in [0.5, 0.6) is 0 Å². The summed E-state index contributed by atoms with van der Waals surface area (Å²) in [7, 11) is -3.73. The molecule has 27 heavy (non-hydrogen) atoms. The van der Waals surface area contributed by atoms with E-state index in [0.29, 0.717) is 31.4 Å². The van der Waals surface area contributed by atoms with E-state index in [1.54, 1.807) is 13.8 Å². The van der Waals surface area contributed by atoms with E-state index in [9.17, 15) is 18.5 Å². The van der Waals surface area contributed by atoms with E-state index in [4.69, 9.17) is 0 Å². The molecule has 3 heterocycles. The molecule has 1 N–H and O–H groups in total. The summed E-state index contributed by atoms with van der Waals surface area (Å²) >= 11 is 0. The predicted molar refractivity (Wildman–Crippen MR) is 103 cm³/mol. The number of nitrogens with zero attached hydrogens (tertiary/aromatic N) is 4. The summed E-state index contributed by atoms with van der Waals surface area (Å²) in [6, 6.07) is 4.42. The van der Waals surface area contributed by atoms with Gasteiger partial charge in [-0.3, -0.25) is 19.9 Å². The van der Waals surface area contributed by atoms with Gasteiger partial charge in [-0.15, -0.1) is 0 Å². The molecule has 3 aliphatic rings. The Bertz CT molecular complexity index is 789. The van der Waals surface area contributed by atoms with E-state index >= 15 is 0 Å². The van der Waals surface area contributed by atoms with Crippen molar-refractivity contribution in [3.8, 4) is 0 Å². The Kier molecular flexibility index (Phi) is 5.99. The minimum atomic E-state index is -3.73. The van der Waals surface area contributed by atoms with Crippen LogP contribution in [0.25, 0.3) is 0 Å². The fourth-order valence-electron chi connectivity index (χ4n) is 3.83. The lowest BCUT2D eigenvalue weighted by Gasteiger charge is -2.47. The summed E-state index contributed by atoms with van der Waals surface area (Å²) in [6.07, 6.45) is 0. The van der Waals surface area contributed by atoms with Crippen LogP contribution in [0.15, 0.2) is 23.1 Å². The molecule has 3 saturated heterocycles. The third-order valence-corrected chi connectivity index (χ3v) is 7.48. The van der Waals surface area contributed by atoms with Crippen molar-refractivity contribution in [1.29, 1.82) is 0 Å². The van der Waals surface area contributed by atoms with Crippen molar-refractivity contribution in [3.05, 3.63) is 28.3 Å². The van der Waals surface area contributed by atoms with Crippen molar-refractivity contribution >= 4 is 21.4 Å². The molecule has 2 bridgehead atoms. The number of nitrogens with one attached hydrogen (secondary N) is 1. The lowest BCUT2D eigenvalue weighted by atomic mass is 10.1. The average Bonchev–Trinajstić information content (AvgIpc) is 2.67. The maximum absolute atomic E-state index is 12.6. The Morgan fingerprint density at radius 3 is 2.41 bits per heavy atom. The number of benzene rings is 1. The Morgan fingerprint density at radius 2 is 1.89 bits per heavy atom. The quantitative estimate of drug-likeness (QED) is 0.517. The standard InChI is InChI=1S/C17H27N5O4S/c1-3-21(4-2)27(25,26)15-5-6-16(17(11-15)22(23)24)18-12-14-13-19-7-9-20(14)10-8-19/h5-6,11,14,18H,3-4,7-10,12-13H2,1-2H3. The molecule has 0 spiro atoms. The zero-order valence-corrected chi connectivity index (χ0v) is 16.6. The van der Waals surface area contributed by atoms with Gasteiger partial charge in [-0.05, 0) is 12.1 Å². The van der Waals surface area contributed by atoms with Crippen LogP contribution in [0.3, 0.4) is 0 Å². The van der Waals surface area contributed by atoms with Crippen molar-refractivity contribution in [2.75, 3.05) is 57.7 Å². The van der Waals surface area contributed by atoms with E-state index in [2.05, 4.69) is 15.1 Å². The molecule has 0 radical (unpaired) electrons. The molecule has 1 aromatic carbocycles. The van der Waals surface area contributed by atoms with Crippen molar-refractivity contribution < 1.29 is 13.3 Å². The highest BCUT2D eigenvalue weighted by molar-refractivity contribution is 7.89. The van der Waals surface area contributed by atoms with Crippen LogP contribution in [0.2, 0.25) is 0 Å². The molecule has 1 unspecified atom stereocenters. The van der Waals surface area contributed by atoms with Gasteiger partial charge in [0.15, 0.2) is 0 Å². The Labute approximate surface area is 160 Å². The van der Waals surface area contributed by atoms with E-state index in [1.807, 2.05) is 0 Å². The normalized spacial score (nSPS) is 24.9. The fourth-order valence-corrected chi connectivity index (χ4v) is 5.31. The zero-order chi connectivity index (χ0) is 19.6. The maximum Gasteiger partial charge on any atom is 0.293 e. The molecule has 3 aliphatic heterocycles. The number of rotatable bonds is 8. The van der Waals surface area contributed by atoms with Gasteiger partial charge in [0.2, 0.25) is 10.0 Å². The molecule has 0 aliphatic carbocycles. The van der Waals surface area contributed by atoms with Gasteiger partial charge < -0.3 is 5.32 Å². The molecule has 1 atom stereocenters. The maximum atomic E-state index is 12.6. The Morgan fingerprint density at radius 1 is 1.22 bits per heavy atom. The van der Waals surface area contributed by atoms with Crippen LogP contribution < -0.4 is 5.32 Å². The second kappa shape index (κ2) is 8.09. The van der Waals surface area contributed by atoms with Gasteiger partial charge in [0.1, 0.15) is 5.69 Å². The summed E-state index contributed by atoms with van der Waals surface area (Å²) in [5.41, 5.74) is 0.149. The number of sulfonamides is 1. The molecular formula is C17H27N5O4S. The van der Waals surface area contributed by atoms with Gasteiger partial charge >= 0.3 is 0 Å². The predicted octanol–water partition coefficient (Wildman–Crippen LogP) is 1.04. The van der Waals surface area contributed by atoms with Crippen LogP contribution in [-0.4, -0.2) is 85.8 Å². The highest BCUT2D eigenvalue weighted by Gasteiger charge is 2.32. The van der Waals surface area contributed by atoms with Gasteiger partial charge in [-0.2, -0.15) is 4.31 Å². The number of hydrogen-bond acceptors (Lipinski definition) is 7. The van der Waals surface area contributed by atoms with Gasteiger partial charge in [-0.1, -0.05) is 13.8 Å². The van der Waals surface area contributed by atoms with E-state index in [0.717, 1.165) is 38.8 Å². The lowest BCUT2D eigenvalue weighted by molar-refractivity contribution is -0.384. The molecule has 4 rings (SSSR count). The minimum absolute atomic E-state index is 0.0463. The molecule has 0 aromatic heterocycles. The Balaban J connectivity index is 1.79. The number of nitro groups is 1. The summed E-state index contributed by atoms with van der Waals surface area (Å²) in [4.78, 5) is 15.8. The Hall–Kier alpha value is -1.75. The SMILES string of the molecule is CCN(CC)S(=O)(=O)c1ccc(NCC2CN3CCN2CC3)c([N+](=O)[O-])c1. The molecule has 9 nitrogen and oxygen atoms in total. The van der Waals surface area contributed by atoms with Crippen molar-refractivity contribution in [3.63, 3.8) is 0 Å². The van der Waals surface area contributed by atoms with Crippen molar-refractivity contribution in [1.82, 2.24) is 14.1 Å². The highest BCUT2D eigenvalue weighted by atomic mass is 32.2. The number of fused-ring (bicyclic) bond motifs is 3. The number of piperazine rings is 3. The van der Waals surface area contributed by atoms with E-state index in [-0.39, 0.29) is 10.6 Å². The molecular weight excluding hydrogens is 370 g/mol. The topological polar surface area (TPSA) is 99.0 Å². The van der Waals surface area contributed by atoms with Gasteiger partial charge in [0, 0.05) is 64.5 Å². The van der Waals surface area contributed by atoms with Crippen LogP contribution in [0, 0.1) is 10.1 Å². The first-order chi connectivity index (χ1) is 12.9. The van der Waals surface area contributed by atoms with E-state index < -0.39 is 14.9 Å². The second-order valence-corrected chi connectivity index (χ2v) is 8.83. The largest absolute Gasteiger partial charge is 0.378 e. The third-order valence-electron chi connectivity index (χ3n) is 5.43. The van der Waals surface area contributed by atoms with Crippen LogP contribution in [0.1, 0.15) is 13.8 Å². The minimum Gasteiger partial charge on any atom is -0.378 e. The summed E-state index contributed by atoms with van der Waals surface area (Å²) in [6.45, 7) is 9.88. The number of hydrogen-bond donors (Lipinski definition) is 1. The highest BCUT2D eigenvalue weighted by Crippen LogP contribution is 2.29. The van der Waals surface area contributed by atoms with Crippen molar-refractivity contribution in [2.24, 2.45) is 0 Å². The summed E-state index contributed by atoms with van der Waals surface area (Å²) < 4.78 is 26.6. The third kappa shape index (κ3) is 4.08. The molecule has 0 saturated carbocycles. The van der Waals surface area contributed by atoms with Gasteiger partial charge in [-0.25, -0.2) is 8.42 Å². The fraction of sp³-hybridized carbons (Fsp3) is 0.647. The monoisotopic (exact) mass is 397 g/mol. The molecule has 150 valence electrons. The molecule has 3 fully saturated rings.